The molecule has 0 unspecified atom stereocenters. The normalized spacial score (nSPS) is 10.1. The van der Waals surface area contributed by atoms with Gasteiger partial charge in [-0.2, -0.15) is 0 Å². The summed E-state index contributed by atoms with van der Waals surface area (Å²) >= 11 is 0. The maximum atomic E-state index is 12.6. The lowest BCUT2D eigenvalue weighted by molar-refractivity contribution is 0.0693. The van der Waals surface area contributed by atoms with E-state index in [0.29, 0.717) is 5.56 Å². The molecule has 22 heavy (non-hydrogen) atoms. The van der Waals surface area contributed by atoms with Crippen molar-refractivity contribution < 1.29 is 14.7 Å². The molecule has 0 amide bonds. The minimum Gasteiger partial charge on any atom is -0.478 e. The maximum absolute atomic E-state index is 12.6. The van der Waals surface area contributed by atoms with Gasteiger partial charge in [0.05, 0.1) is 5.56 Å². The first-order chi connectivity index (χ1) is 10.4. The van der Waals surface area contributed by atoms with Gasteiger partial charge in [0.2, 0.25) is 0 Å². The Balaban J connectivity index is 2.45. The molecule has 2 aromatic carbocycles. The Bertz CT molecular complexity index is 706. The van der Waals surface area contributed by atoms with Gasteiger partial charge in [-0.3, -0.25) is 4.79 Å². The van der Waals surface area contributed by atoms with Crippen LogP contribution < -0.4 is 10.2 Å². The first kappa shape index (κ1) is 15.6. The van der Waals surface area contributed by atoms with Crippen LogP contribution >= 0.6 is 0 Å². The molecule has 0 spiro atoms. The van der Waals surface area contributed by atoms with Gasteiger partial charge in [-0.25, -0.2) is 4.79 Å². The molecule has 0 bridgehead atoms. The maximum Gasteiger partial charge on any atom is 0.336 e. The van der Waals surface area contributed by atoms with E-state index in [1.165, 1.54) is 6.07 Å². The molecule has 114 valence electrons. The summed E-state index contributed by atoms with van der Waals surface area (Å²) in [4.78, 5) is 25.8. The highest BCUT2D eigenvalue weighted by Gasteiger charge is 2.19. The van der Waals surface area contributed by atoms with Crippen molar-refractivity contribution in [3.63, 3.8) is 0 Å². The van der Waals surface area contributed by atoms with Gasteiger partial charge in [0.25, 0.3) is 0 Å². The predicted molar refractivity (Wildman–Crippen MR) is 87.1 cm³/mol. The molecule has 0 fully saturated rings. The van der Waals surface area contributed by atoms with E-state index < -0.39 is 5.97 Å². The predicted octanol–water partition coefficient (Wildman–Crippen LogP) is 2.72. The second-order valence-electron chi connectivity index (χ2n) is 5.09. The van der Waals surface area contributed by atoms with Crippen LogP contribution in [0.1, 0.15) is 26.3 Å². The summed E-state index contributed by atoms with van der Waals surface area (Å²) in [6.07, 6.45) is 0. The van der Waals surface area contributed by atoms with E-state index in [9.17, 15) is 14.7 Å². The number of anilines is 2. The summed E-state index contributed by atoms with van der Waals surface area (Å²) in [7, 11) is 5.43. The average molecular weight is 298 g/mol. The van der Waals surface area contributed by atoms with Crippen LogP contribution in [0.4, 0.5) is 11.4 Å². The summed E-state index contributed by atoms with van der Waals surface area (Å²) in [6.45, 7) is 0. The molecule has 0 heterocycles. The molecular weight excluding hydrogens is 280 g/mol. The van der Waals surface area contributed by atoms with E-state index in [-0.39, 0.29) is 16.9 Å². The topological polar surface area (TPSA) is 69.6 Å². The second kappa shape index (κ2) is 6.30. The highest BCUT2D eigenvalue weighted by Crippen LogP contribution is 2.21. The first-order valence-corrected chi connectivity index (χ1v) is 6.81. The van der Waals surface area contributed by atoms with Gasteiger partial charge >= 0.3 is 5.97 Å². The number of carbonyl (C=O) groups is 2. The number of nitrogens with zero attached hydrogens (tertiary/aromatic N) is 1. The molecule has 2 rings (SSSR count). The minimum atomic E-state index is -1.11. The van der Waals surface area contributed by atoms with Crippen molar-refractivity contribution >= 4 is 23.1 Å². The molecule has 0 saturated carbocycles. The Morgan fingerprint density at radius 1 is 1.00 bits per heavy atom. The van der Waals surface area contributed by atoms with Crippen molar-refractivity contribution in [3.8, 4) is 0 Å². The average Bonchev–Trinajstić information content (AvgIpc) is 2.53. The lowest BCUT2D eigenvalue weighted by Crippen LogP contribution is -2.14. The third-order valence-electron chi connectivity index (χ3n) is 3.43. The molecular formula is C17H18N2O3. The molecule has 2 N–H and O–H groups in total. The highest BCUT2D eigenvalue weighted by molar-refractivity contribution is 6.14. The highest BCUT2D eigenvalue weighted by atomic mass is 16.4. The van der Waals surface area contributed by atoms with Crippen LogP contribution in [0.15, 0.2) is 42.5 Å². The van der Waals surface area contributed by atoms with Crippen LogP contribution in [0, 0.1) is 0 Å². The van der Waals surface area contributed by atoms with Crippen LogP contribution in [0.3, 0.4) is 0 Å². The van der Waals surface area contributed by atoms with Crippen molar-refractivity contribution in [2.75, 3.05) is 31.4 Å². The van der Waals surface area contributed by atoms with E-state index in [4.69, 9.17) is 0 Å². The number of ketones is 1. The number of hydrogen-bond acceptors (Lipinski definition) is 4. The largest absolute Gasteiger partial charge is 0.478 e. The molecule has 0 aliphatic heterocycles. The lowest BCUT2D eigenvalue weighted by atomic mass is 9.97. The summed E-state index contributed by atoms with van der Waals surface area (Å²) < 4.78 is 0. The fourth-order valence-electron chi connectivity index (χ4n) is 2.13. The van der Waals surface area contributed by atoms with E-state index in [1.807, 2.05) is 14.1 Å². The van der Waals surface area contributed by atoms with E-state index >= 15 is 0 Å². The van der Waals surface area contributed by atoms with Gasteiger partial charge in [-0.1, -0.05) is 0 Å². The Hall–Kier alpha value is -2.82. The SMILES string of the molecule is CNc1ccc(C(=O)c2ccc(N(C)C)cc2C(=O)O)cc1. The molecule has 0 radical (unpaired) electrons. The summed E-state index contributed by atoms with van der Waals surface area (Å²) in [6, 6.07) is 11.7. The van der Waals surface area contributed by atoms with Gasteiger partial charge in [0.15, 0.2) is 5.78 Å². The standard InChI is InChI=1S/C17H18N2O3/c1-18-12-6-4-11(5-7-12)16(20)14-9-8-13(19(2)3)10-15(14)17(21)22/h4-10,18H,1-3H3,(H,21,22). The van der Waals surface area contributed by atoms with Gasteiger partial charge in [-0.15, -0.1) is 0 Å². The van der Waals surface area contributed by atoms with Crippen molar-refractivity contribution in [1.29, 1.82) is 0 Å². The number of nitrogens with one attached hydrogen (secondary N) is 1. The molecule has 0 atom stereocenters. The number of benzene rings is 2. The first-order valence-electron chi connectivity index (χ1n) is 6.81. The summed E-state index contributed by atoms with van der Waals surface area (Å²) in [5, 5.41) is 12.3. The third kappa shape index (κ3) is 3.09. The number of carboxylic acids is 1. The zero-order chi connectivity index (χ0) is 16.3. The van der Waals surface area contributed by atoms with E-state index in [1.54, 1.807) is 48.3 Å². The summed E-state index contributed by atoms with van der Waals surface area (Å²) in [5.41, 5.74) is 2.28. The van der Waals surface area contributed by atoms with Crippen LogP contribution in [-0.2, 0) is 0 Å². The molecule has 0 aliphatic rings. The van der Waals surface area contributed by atoms with Gasteiger partial charge < -0.3 is 15.3 Å². The quantitative estimate of drug-likeness (QED) is 0.831. The van der Waals surface area contributed by atoms with Crippen molar-refractivity contribution in [3.05, 3.63) is 59.2 Å². The second-order valence-corrected chi connectivity index (χ2v) is 5.09. The molecule has 0 saturated heterocycles. The van der Waals surface area contributed by atoms with Crippen LogP contribution in [-0.4, -0.2) is 38.0 Å². The monoisotopic (exact) mass is 298 g/mol. The van der Waals surface area contributed by atoms with Crippen molar-refractivity contribution in [2.45, 2.75) is 0 Å². The minimum absolute atomic E-state index is 0.00823. The molecule has 2 aromatic rings. The molecule has 0 aromatic heterocycles. The number of hydrogen-bond donors (Lipinski definition) is 2. The fourth-order valence-corrected chi connectivity index (χ4v) is 2.13. The van der Waals surface area contributed by atoms with E-state index in [0.717, 1.165) is 11.4 Å². The molecule has 5 nitrogen and oxygen atoms in total. The van der Waals surface area contributed by atoms with E-state index in [2.05, 4.69) is 5.32 Å². The fraction of sp³-hybridized carbons (Fsp3) is 0.176. The van der Waals surface area contributed by atoms with Crippen LogP contribution in [0.25, 0.3) is 0 Å². The van der Waals surface area contributed by atoms with Gasteiger partial charge in [0, 0.05) is 43.6 Å². The van der Waals surface area contributed by atoms with Crippen LogP contribution in [0.2, 0.25) is 0 Å². The Morgan fingerprint density at radius 2 is 1.64 bits per heavy atom. The smallest absolute Gasteiger partial charge is 0.336 e. The number of aromatic carboxylic acids is 1. The number of rotatable bonds is 5. The van der Waals surface area contributed by atoms with Crippen molar-refractivity contribution in [1.82, 2.24) is 0 Å². The zero-order valence-corrected chi connectivity index (χ0v) is 12.8. The Labute approximate surface area is 129 Å². The molecule has 0 aliphatic carbocycles. The zero-order valence-electron chi connectivity index (χ0n) is 12.8. The van der Waals surface area contributed by atoms with Crippen LogP contribution in [0.5, 0.6) is 0 Å². The number of carboxylic acid groups (broad SMARTS) is 1. The van der Waals surface area contributed by atoms with Gasteiger partial charge in [-0.05, 0) is 42.5 Å². The molecule has 5 heteroatoms. The Morgan fingerprint density at radius 3 is 2.14 bits per heavy atom. The number of carbonyl (C=O) groups excluding carboxylic acids is 1. The lowest BCUT2D eigenvalue weighted by Gasteiger charge is -2.14. The Kier molecular flexibility index (Phi) is 4.46. The van der Waals surface area contributed by atoms with Crippen molar-refractivity contribution in [2.24, 2.45) is 0 Å². The van der Waals surface area contributed by atoms with Gasteiger partial charge in [0.1, 0.15) is 0 Å². The summed E-state index contributed by atoms with van der Waals surface area (Å²) in [5.74, 6) is -1.41. The third-order valence-corrected chi connectivity index (χ3v) is 3.43.